The van der Waals surface area contributed by atoms with Crippen LogP contribution in [0.5, 0.6) is 0 Å². The lowest BCUT2D eigenvalue weighted by atomic mass is 10.1. The largest absolute Gasteiger partial charge is 0.359 e. The molecular weight excluding hydrogens is 170 g/mol. The highest BCUT2D eigenvalue weighted by molar-refractivity contribution is 5.55. The molecule has 0 amide bonds. The van der Waals surface area contributed by atoms with Crippen LogP contribution in [0, 0.1) is 6.92 Å². The molecule has 0 radical (unpaired) electrons. The molecular formula is C13H19N. The average Bonchev–Trinajstić information content (AvgIpc) is 2.20. The molecule has 0 aromatic heterocycles. The number of allylic oxidation sites excluding steroid dienone is 1. The van der Waals surface area contributed by atoms with Crippen LogP contribution in [0.4, 0.5) is 5.69 Å². The fraction of sp³-hybridized carbons (Fsp3) is 0.385. The summed E-state index contributed by atoms with van der Waals surface area (Å²) in [5.41, 5.74) is 4.95. The lowest BCUT2D eigenvalue weighted by molar-refractivity contribution is 1.09. The lowest BCUT2D eigenvalue weighted by Gasteiger charge is -2.12. The molecule has 0 bridgehead atoms. The van der Waals surface area contributed by atoms with Crippen molar-refractivity contribution in [3.63, 3.8) is 0 Å². The van der Waals surface area contributed by atoms with Crippen molar-refractivity contribution < 1.29 is 0 Å². The number of rotatable bonds is 4. The maximum absolute atomic E-state index is 3.96. The number of hydrogen-bond acceptors (Lipinski definition) is 1. The molecule has 0 fully saturated rings. The van der Waals surface area contributed by atoms with Gasteiger partial charge in [0.2, 0.25) is 0 Å². The Bertz CT molecular complexity index is 326. The van der Waals surface area contributed by atoms with Crippen molar-refractivity contribution in [1.29, 1.82) is 0 Å². The van der Waals surface area contributed by atoms with E-state index in [-0.39, 0.29) is 0 Å². The number of hydrogen-bond donors (Lipinski definition) is 1. The number of nitrogens with one attached hydrogen (secondary N) is 1. The summed E-state index contributed by atoms with van der Waals surface area (Å²) in [6, 6.07) is 6.49. The van der Waals surface area contributed by atoms with Crippen molar-refractivity contribution in [2.45, 2.75) is 33.6 Å². The highest BCUT2D eigenvalue weighted by atomic mass is 14.9. The summed E-state index contributed by atoms with van der Waals surface area (Å²) >= 11 is 0. The van der Waals surface area contributed by atoms with Crippen LogP contribution in [-0.2, 0) is 6.42 Å². The first-order chi connectivity index (χ1) is 6.67. The molecule has 0 aliphatic carbocycles. The highest BCUT2D eigenvalue weighted by Crippen LogP contribution is 2.19. The standard InChI is InChI=1S/C13H19N/c1-5-11(4)14-13-8-7-10(3)9-12(13)6-2/h7-9,14H,4-6H2,1-3H3. The normalized spacial score (nSPS) is 9.93. The fourth-order valence-electron chi connectivity index (χ4n) is 1.42. The monoisotopic (exact) mass is 189 g/mol. The minimum Gasteiger partial charge on any atom is -0.359 e. The van der Waals surface area contributed by atoms with Gasteiger partial charge in [0.15, 0.2) is 0 Å². The predicted octanol–water partition coefficient (Wildman–Crippen LogP) is 3.89. The summed E-state index contributed by atoms with van der Waals surface area (Å²) < 4.78 is 0. The Hall–Kier alpha value is -1.24. The molecule has 1 rings (SSSR count). The van der Waals surface area contributed by atoms with Crippen molar-refractivity contribution in [2.75, 3.05) is 5.32 Å². The second kappa shape index (κ2) is 4.85. The van der Waals surface area contributed by atoms with Crippen LogP contribution < -0.4 is 5.32 Å². The summed E-state index contributed by atoms with van der Waals surface area (Å²) in [5, 5.41) is 3.34. The Kier molecular flexibility index (Phi) is 3.75. The van der Waals surface area contributed by atoms with E-state index in [4.69, 9.17) is 0 Å². The van der Waals surface area contributed by atoms with E-state index in [1.807, 2.05) is 0 Å². The first-order valence-electron chi connectivity index (χ1n) is 5.21. The van der Waals surface area contributed by atoms with Gasteiger partial charge in [0.25, 0.3) is 0 Å². The van der Waals surface area contributed by atoms with E-state index in [2.05, 4.69) is 50.9 Å². The van der Waals surface area contributed by atoms with Crippen LogP contribution >= 0.6 is 0 Å². The number of anilines is 1. The molecule has 0 aliphatic rings. The van der Waals surface area contributed by atoms with Gasteiger partial charge in [-0.15, -0.1) is 0 Å². The molecule has 0 aliphatic heterocycles. The van der Waals surface area contributed by atoms with E-state index < -0.39 is 0 Å². The van der Waals surface area contributed by atoms with E-state index in [1.54, 1.807) is 0 Å². The summed E-state index contributed by atoms with van der Waals surface area (Å²) in [7, 11) is 0. The first-order valence-corrected chi connectivity index (χ1v) is 5.21. The van der Waals surface area contributed by atoms with Gasteiger partial charge in [0.1, 0.15) is 0 Å². The number of benzene rings is 1. The molecule has 1 aromatic rings. The zero-order chi connectivity index (χ0) is 10.6. The van der Waals surface area contributed by atoms with E-state index >= 15 is 0 Å². The van der Waals surface area contributed by atoms with Crippen molar-refractivity contribution >= 4 is 5.69 Å². The third-order valence-electron chi connectivity index (χ3n) is 2.38. The lowest BCUT2D eigenvalue weighted by Crippen LogP contribution is -2.00. The molecule has 1 N–H and O–H groups in total. The summed E-state index contributed by atoms with van der Waals surface area (Å²) in [5.74, 6) is 0. The van der Waals surface area contributed by atoms with Gasteiger partial charge >= 0.3 is 0 Å². The first kappa shape index (κ1) is 10.8. The Morgan fingerprint density at radius 3 is 2.64 bits per heavy atom. The second-order valence-electron chi connectivity index (χ2n) is 3.60. The van der Waals surface area contributed by atoms with E-state index in [0.29, 0.717) is 0 Å². The Morgan fingerprint density at radius 2 is 2.07 bits per heavy atom. The van der Waals surface area contributed by atoms with Gasteiger partial charge in [-0.05, 0) is 31.4 Å². The van der Waals surface area contributed by atoms with E-state index in [0.717, 1.165) is 18.5 Å². The molecule has 1 heteroatoms. The maximum Gasteiger partial charge on any atom is 0.0414 e. The maximum atomic E-state index is 3.96. The highest BCUT2D eigenvalue weighted by Gasteiger charge is 2.00. The summed E-state index contributed by atoms with van der Waals surface area (Å²) in [6.45, 7) is 10.4. The van der Waals surface area contributed by atoms with E-state index in [9.17, 15) is 0 Å². The minimum atomic E-state index is 0.969. The van der Waals surface area contributed by atoms with E-state index in [1.165, 1.54) is 16.8 Å². The van der Waals surface area contributed by atoms with Gasteiger partial charge in [-0.25, -0.2) is 0 Å². The predicted molar refractivity (Wildman–Crippen MR) is 63.6 cm³/mol. The van der Waals surface area contributed by atoms with Crippen LogP contribution in [0.25, 0.3) is 0 Å². The third kappa shape index (κ3) is 2.63. The number of aryl methyl sites for hydroxylation is 2. The molecule has 0 saturated heterocycles. The molecule has 14 heavy (non-hydrogen) atoms. The summed E-state index contributed by atoms with van der Waals surface area (Å²) in [6.07, 6.45) is 2.03. The van der Waals surface area contributed by atoms with Crippen LogP contribution in [-0.4, -0.2) is 0 Å². The SMILES string of the molecule is C=C(CC)Nc1ccc(C)cc1CC. The van der Waals surface area contributed by atoms with Crippen molar-refractivity contribution in [1.82, 2.24) is 0 Å². The minimum absolute atomic E-state index is 0.969. The molecule has 0 heterocycles. The molecule has 0 atom stereocenters. The van der Waals surface area contributed by atoms with Gasteiger partial charge in [-0.2, -0.15) is 0 Å². The topological polar surface area (TPSA) is 12.0 Å². The Labute approximate surface area is 86.8 Å². The Balaban J connectivity index is 2.90. The third-order valence-corrected chi connectivity index (χ3v) is 2.38. The van der Waals surface area contributed by atoms with Crippen molar-refractivity contribution in [3.8, 4) is 0 Å². The Morgan fingerprint density at radius 1 is 1.36 bits per heavy atom. The average molecular weight is 189 g/mol. The second-order valence-corrected chi connectivity index (χ2v) is 3.60. The molecule has 1 nitrogen and oxygen atoms in total. The van der Waals surface area contributed by atoms with Crippen LogP contribution in [0.3, 0.4) is 0 Å². The quantitative estimate of drug-likeness (QED) is 0.757. The van der Waals surface area contributed by atoms with Crippen LogP contribution in [0.2, 0.25) is 0 Å². The molecule has 0 spiro atoms. The molecule has 0 unspecified atom stereocenters. The molecule has 1 aromatic carbocycles. The van der Waals surface area contributed by atoms with Gasteiger partial charge in [0.05, 0.1) is 0 Å². The fourth-order valence-corrected chi connectivity index (χ4v) is 1.42. The summed E-state index contributed by atoms with van der Waals surface area (Å²) in [4.78, 5) is 0. The van der Waals surface area contributed by atoms with Crippen molar-refractivity contribution in [3.05, 3.63) is 41.6 Å². The zero-order valence-corrected chi connectivity index (χ0v) is 9.35. The van der Waals surface area contributed by atoms with Gasteiger partial charge in [-0.3, -0.25) is 0 Å². The smallest absolute Gasteiger partial charge is 0.0414 e. The van der Waals surface area contributed by atoms with Crippen LogP contribution in [0.1, 0.15) is 31.4 Å². The van der Waals surface area contributed by atoms with Gasteiger partial charge in [0, 0.05) is 11.4 Å². The zero-order valence-electron chi connectivity index (χ0n) is 9.35. The molecule has 0 saturated carbocycles. The van der Waals surface area contributed by atoms with Crippen LogP contribution in [0.15, 0.2) is 30.5 Å². The molecule has 76 valence electrons. The van der Waals surface area contributed by atoms with Gasteiger partial charge in [-0.1, -0.05) is 38.1 Å². The van der Waals surface area contributed by atoms with Gasteiger partial charge < -0.3 is 5.32 Å². The van der Waals surface area contributed by atoms with Crippen molar-refractivity contribution in [2.24, 2.45) is 0 Å².